The molecule has 0 bridgehead atoms. The van der Waals surface area contributed by atoms with Gasteiger partial charge in [-0.3, -0.25) is 0 Å². The zero-order valence-electron chi connectivity index (χ0n) is 8.75. The van der Waals surface area contributed by atoms with Crippen LogP contribution in [0.3, 0.4) is 0 Å². The normalized spacial score (nSPS) is 10.3. The molecule has 5 heteroatoms. The van der Waals surface area contributed by atoms with Crippen molar-refractivity contribution >= 4 is 5.82 Å². The molecule has 1 aromatic heterocycles. The molecule has 88 valence electrons. The Morgan fingerprint density at radius 2 is 1.82 bits per heavy atom. The lowest BCUT2D eigenvalue weighted by atomic mass is 10.2. The third kappa shape index (κ3) is 2.96. The second-order valence-corrected chi connectivity index (χ2v) is 3.45. The minimum atomic E-state index is -0.906. The van der Waals surface area contributed by atoms with E-state index in [2.05, 4.69) is 10.3 Å². The molecule has 0 fully saturated rings. The average molecular weight is 238 g/mol. The fourth-order valence-corrected chi connectivity index (χ4v) is 1.35. The first-order valence-electron chi connectivity index (χ1n) is 4.95. The van der Waals surface area contributed by atoms with E-state index in [9.17, 15) is 13.2 Å². The van der Waals surface area contributed by atoms with Crippen LogP contribution in [0.1, 0.15) is 5.56 Å². The molecule has 2 nitrogen and oxygen atoms in total. The molecule has 0 saturated carbocycles. The van der Waals surface area contributed by atoms with E-state index in [1.165, 1.54) is 18.2 Å². The molecule has 0 amide bonds. The molecule has 1 aromatic carbocycles. The monoisotopic (exact) mass is 238 g/mol. The molecular formula is C12H9F3N2. The molecule has 0 saturated heterocycles. The number of benzene rings is 1. The number of rotatable bonds is 3. The van der Waals surface area contributed by atoms with Gasteiger partial charge in [0.15, 0.2) is 11.6 Å². The van der Waals surface area contributed by atoms with Gasteiger partial charge >= 0.3 is 0 Å². The van der Waals surface area contributed by atoms with Gasteiger partial charge in [-0.25, -0.2) is 13.8 Å². The van der Waals surface area contributed by atoms with Crippen molar-refractivity contribution < 1.29 is 13.2 Å². The van der Waals surface area contributed by atoms with Gasteiger partial charge in [-0.15, -0.1) is 0 Å². The van der Waals surface area contributed by atoms with Gasteiger partial charge < -0.3 is 5.32 Å². The van der Waals surface area contributed by atoms with Crippen molar-refractivity contribution in [2.24, 2.45) is 0 Å². The standard InChI is InChI=1S/C12H9F3N2/c13-9-5-4-8(6-10(9)14)7-16-12-3-1-2-11(15)17-12/h1-6H,7H2,(H,16,17). The van der Waals surface area contributed by atoms with E-state index in [0.717, 1.165) is 12.1 Å². The van der Waals surface area contributed by atoms with Crippen molar-refractivity contribution in [2.45, 2.75) is 6.54 Å². The Labute approximate surface area is 96.1 Å². The topological polar surface area (TPSA) is 24.9 Å². The summed E-state index contributed by atoms with van der Waals surface area (Å²) < 4.78 is 38.3. The van der Waals surface area contributed by atoms with Gasteiger partial charge in [0.25, 0.3) is 0 Å². The Bertz CT molecular complexity index is 529. The molecule has 0 radical (unpaired) electrons. The molecule has 1 heterocycles. The van der Waals surface area contributed by atoms with E-state index in [-0.39, 0.29) is 6.54 Å². The number of nitrogens with zero attached hydrogens (tertiary/aromatic N) is 1. The summed E-state index contributed by atoms with van der Waals surface area (Å²) in [5.74, 6) is -2.05. The summed E-state index contributed by atoms with van der Waals surface area (Å²) in [6.45, 7) is 0.244. The van der Waals surface area contributed by atoms with Crippen molar-refractivity contribution in [1.29, 1.82) is 0 Å². The molecule has 0 unspecified atom stereocenters. The molecule has 0 aliphatic carbocycles. The lowest BCUT2D eigenvalue weighted by molar-refractivity contribution is 0.507. The van der Waals surface area contributed by atoms with Crippen LogP contribution >= 0.6 is 0 Å². The Balaban J connectivity index is 2.05. The van der Waals surface area contributed by atoms with Crippen LogP contribution in [0.15, 0.2) is 36.4 Å². The molecule has 2 rings (SSSR count). The summed E-state index contributed by atoms with van der Waals surface area (Å²) in [6.07, 6.45) is 0. The summed E-state index contributed by atoms with van der Waals surface area (Å²) in [5.41, 5.74) is 0.551. The number of pyridine rings is 1. The summed E-state index contributed by atoms with van der Waals surface area (Å²) in [7, 11) is 0. The average Bonchev–Trinajstić information content (AvgIpc) is 2.31. The van der Waals surface area contributed by atoms with Crippen LogP contribution in [-0.4, -0.2) is 4.98 Å². The van der Waals surface area contributed by atoms with Crippen LogP contribution in [0, 0.1) is 17.6 Å². The number of hydrogen-bond donors (Lipinski definition) is 1. The Kier molecular flexibility index (Phi) is 3.27. The van der Waals surface area contributed by atoms with E-state index in [1.807, 2.05) is 0 Å². The van der Waals surface area contributed by atoms with Gasteiger partial charge in [-0.05, 0) is 29.8 Å². The van der Waals surface area contributed by atoms with Crippen LogP contribution in [0.5, 0.6) is 0 Å². The van der Waals surface area contributed by atoms with Gasteiger partial charge in [0, 0.05) is 6.54 Å². The summed E-state index contributed by atoms with van der Waals surface area (Å²) in [4.78, 5) is 3.58. The summed E-state index contributed by atoms with van der Waals surface area (Å²) in [5, 5.41) is 2.81. The molecule has 2 aromatic rings. The lowest BCUT2D eigenvalue weighted by Crippen LogP contribution is -2.02. The number of halogens is 3. The van der Waals surface area contributed by atoms with Gasteiger partial charge in [0.05, 0.1) is 0 Å². The zero-order chi connectivity index (χ0) is 12.3. The SMILES string of the molecule is Fc1cccc(NCc2ccc(F)c(F)c2)n1. The highest BCUT2D eigenvalue weighted by molar-refractivity contribution is 5.35. The first kappa shape index (κ1) is 11.4. The Morgan fingerprint density at radius 3 is 2.53 bits per heavy atom. The van der Waals surface area contributed by atoms with Gasteiger partial charge in [0.2, 0.25) is 5.95 Å². The maximum atomic E-state index is 12.9. The van der Waals surface area contributed by atoms with Gasteiger partial charge in [0.1, 0.15) is 5.82 Å². The molecule has 17 heavy (non-hydrogen) atoms. The van der Waals surface area contributed by atoms with Crippen LogP contribution in [0.4, 0.5) is 19.0 Å². The molecule has 0 aliphatic rings. The highest BCUT2D eigenvalue weighted by Gasteiger charge is 2.02. The largest absolute Gasteiger partial charge is 0.366 e. The minimum absolute atomic E-state index is 0.244. The predicted octanol–water partition coefficient (Wildman–Crippen LogP) is 3.11. The van der Waals surface area contributed by atoms with E-state index < -0.39 is 17.6 Å². The van der Waals surface area contributed by atoms with Gasteiger partial charge in [-0.1, -0.05) is 12.1 Å². The van der Waals surface area contributed by atoms with E-state index in [4.69, 9.17) is 0 Å². The van der Waals surface area contributed by atoms with Crippen molar-refractivity contribution in [2.75, 3.05) is 5.32 Å². The second kappa shape index (κ2) is 4.86. The smallest absolute Gasteiger partial charge is 0.214 e. The minimum Gasteiger partial charge on any atom is -0.366 e. The van der Waals surface area contributed by atoms with Crippen LogP contribution in [0.25, 0.3) is 0 Å². The number of anilines is 1. The molecule has 1 N–H and O–H groups in total. The molecule has 0 aliphatic heterocycles. The Hall–Kier alpha value is -2.04. The predicted molar refractivity (Wildman–Crippen MR) is 57.9 cm³/mol. The molecule has 0 spiro atoms. The first-order valence-corrected chi connectivity index (χ1v) is 4.95. The fraction of sp³-hybridized carbons (Fsp3) is 0.0833. The quantitative estimate of drug-likeness (QED) is 0.831. The zero-order valence-corrected chi connectivity index (χ0v) is 8.75. The van der Waals surface area contributed by atoms with Crippen molar-refractivity contribution in [3.63, 3.8) is 0 Å². The third-order valence-corrected chi connectivity index (χ3v) is 2.17. The number of nitrogens with one attached hydrogen (secondary N) is 1. The molecule has 0 atom stereocenters. The number of aromatic nitrogens is 1. The van der Waals surface area contributed by atoms with Crippen molar-refractivity contribution in [1.82, 2.24) is 4.98 Å². The maximum absolute atomic E-state index is 12.9. The first-order chi connectivity index (χ1) is 8.15. The van der Waals surface area contributed by atoms with E-state index >= 15 is 0 Å². The van der Waals surface area contributed by atoms with Crippen molar-refractivity contribution in [3.8, 4) is 0 Å². The van der Waals surface area contributed by atoms with Gasteiger partial charge in [-0.2, -0.15) is 4.39 Å². The molecular weight excluding hydrogens is 229 g/mol. The summed E-state index contributed by atoms with van der Waals surface area (Å²) >= 11 is 0. The van der Waals surface area contributed by atoms with Crippen molar-refractivity contribution in [3.05, 3.63) is 59.5 Å². The highest BCUT2D eigenvalue weighted by Crippen LogP contribution is 2.11. The van der Waals surface area contributed by atoms with Crippen LogP contribution in [0.2, 0.25) is 0 Å². The second-order valence-electron chi connectivity index (χ2n) is 3.45. The van der Waals surface area contributed by atoms with Crippen LogP contribution < -0.4 is 5.32 Å². The summed E-state index contributed by atoms with van der Waals surface area (Å²) in [6, 6.07) is 7.90. The van der Waals surface area contributed by atoms with E-state index in [1.54, 1.807) is 6.07 Å². The highest BCUT2D eigenvalue weighted by atomic mass is 19.2. The maximum Gasteiger partial charge on any atom is 0.214 e. The fourth-order valence-electron chi connectivity index (χ4n) is 1.35. The van der Waals surface area contributed by atoms with Crippen LogP contribution in [-0.2, 0) is 6.54 Å². The lowest BCUT2D eigenvalue weighted by Gasteiger charge is -2.05. The Morgan fingerprint density at radius 1 is 1.00 bits per heavy atom. The van der Waals surface area contributed by atoms with E-state index in [0.29, 0.717) is 11.4 Å². The number of hydrogen-bond acceptors (Lipinski definition) is 2. The third-order valence-electron chi connectivity index (χ3n) is 2.17.